The number of hydrogen-bond donors (Lipinski definition) is 4. The van der Waals surface area contributed by atoms with Gasteiger partial charge < -0.3 is 26.1 Å². The zero-order valence-electron chi connectivity index (χ0n) is 11.3. The summed E-state index contributed by atoms with van der Waals surface area (Å²) in [7, 11) is 1.57. The molecule has 0 amide bonds. The minimum atomic E-state index is -0.443. The molecule has 0 fully saturated rings. The van der Waals surface area contributed by atoms with Gasteiger partial charge >= 0.3 is 0 Å². The molecular weight excluding hydrogens is 265 g/mol. The van der Waals surface area contributed by atoms with Gasteiger partial charge in [-0.15, -0.1) is 0 Å². The predicted octanol–water partition coefficient (Wildman–Crippen LogP) is 0.407. The third-order valence-corrected chi connectivity index (χ3v) is 2.88. The van der Waals surface area contributed by atoms with Crippen molar-refractivity contribution in [3.63, 3.8) is 0 Å². The van der Waals surface area contributed by atoms with Crippen LogP contribution in [-0.4, -0.2) is 42.5 Å². The van der Waals surface area contributed by atoms with Crippen LogP contribution in [0.5, 0.6) is 0 Å². The number of nitrogens with zero attached hydrogens (tertiary/aromatic N) is 1. The standard InChI is InChI=1S/C13H20FN3O3/c1-20-8-11(4-5-18)16-7-10-3-2-9(6-12(10)14)13(15)17-19/h2-3,6,11,16,18-19H,4-5,7-8H2,1H3,(H2,15,17). The van der Waals surface area contributed by atoms with E-state index in [1.165, 1.54) is 6.07 Å². The van der Waals surface area contributed by atoms with Crippen molar-refractivity contribution in [2.75, 3.05) is 20.3 Å². The number of rotatable bonds is 8. The van der Waals surface area contributed by atoms with E-state index in [2.05, 4.69) is 10.5 Å². The van der Waals surface area contributed by atoms with Gasteiger partial charge in [-0.25, -0.2) is 4.39 Å². The second-order valence-corrected chi connectivity index (χ2v) is 4.34. The molecule has 20 heavy (non-hydrogen) atoms. The van der Waals surface area contributed by atoms with E-state index in [1.807, 2.05) is 0 Å². The average Bonchev–Trinajstić information content (AvgIpc) is 2.45. The van der Waals surface area contributed by atoms with Crippen molar-refractivity contribution in [2.45, 2.75) is 19.0 Å². The van der Waals surface area contributed by atoms with Crippen molar-refractivity contribution in [1.29, 1.82) is 0 Å². The Morgan fingerprint density at radius 1 is 1.55 bits per heavy atom. The number of nitrogens with two attached hydrogens (primary N) is 1. The summed E-state index contributed by atoms with van der Waals surface area (Å²) in [5, 5.41) is 23.4. The molecule has 6 nitrogen and oxygen atoms in total. The molecule has 5 N–H and O–H groups in total. The summed E-state index contributed by atoms with van der Waals surface area (Å²) in [6.07, 6.45) is 0.525. The number of nitrogens with one attached hydrogen (secondary N) is 1. The summed E-state index contributed by atoms with van der Waals surface area (Å²) in [5.74, 6) is -0.581. The van der Waals surface area contributed by atoms with Gasteiger partial charge in [-0.2, -0.15) is 0 Å². The zero-order valence-corrected chi connectivity index (χ0v) is 11.3. The molecule has 0 spiro atoms. The predicted molar refractivity (Wildman–Crippen MR) is 73.1 cm³/mol. The van der Waals surface area contributed by atoms with Crippen molar-refractivity contribution in [1.82, 2.24) is 5.32 Å². The number of methoxy groups -OCH3 is 1. The lowest BCUT2D eigenvalue weighted by Gasteiger charge is -2.17. The topological polar surface area (TPSA) is 100 Å². The van der Waals surface area contributed by atoms with E-state index < -0.39 is 5.82 Å². The normalized spacial score (nSPS) is 13.4. The number of aliphatic hydroxyl groups excluding tert-OH is 1. The molecule has 0 saturated heterocycles. The van der Waals surface area contributed by atoms with Gasteiger partial charge in [-0.05, 0) is 12.5 Å². The lowest BCUT2D eigenvalue weighted by Crippen LogP contribution is -2.33. The van der Waals surface area contributed by atoms with Gasteiger partial charge in [0.1, 0.15) is 5.82 Å². The van der Waals surface area contributed by atoms with Crippen molar-refractivity contribution in [3.8, 4) is 0 Å². The fraction of sp³-hybridized carbons (Fsp3) is 0.462. The minimum absolute atomic E-state index is 0.0337. The highest BCUT2D eigenvalue weighted by molar-refractivity contribution is 5.97. The number of oxime groups is 1. The second-order valence-electron chi connectivity index (χ2n) is 4.34. The molecule has 112 valence electrons. The molecule has 7 heteroatoms. The Bertz CT molecular complexity index is 448. The number of hydrogen-bond acceptors (Lipinski definition) is 5. The second kappa shape index (κ2) is 8.47. The van der Waals surface area contributed by atoms with Crippen LogP contribution in [0.4, 0.5) is 4.39 Å². The zero-order chi connectivity index (χ0) is 15.0. The first-order valence-corrected chi connectivity index (χ1v) is 6.21. The molecule has 0 heterocycles. The van der Waals surface area contributed by atoms with Crippen LogP contribution in [0.3, 0.4) is 0 Å². The number of amidine groups is 1. The Labute approximate surface area is 117 Å². The number of halogens is 1. The summed E-state index contributed by atoms with van der Waals surface area (Å²) in [6.45, 7) is 0.770. The van der Waals surface area contributed by atoms with Gasteiger partial charge in [0.15, 0.2) is 5.84 Å². The molecule has 1 rings (SSSR count). The molecule has 0 aromatic heterocycles. The van der Waals surface area contributed by atoms with Crippen LogP contribution in [0, 0.1) is 5.82 Å². The molecule has 0 aliphatic heterocycles. The maximum Gasteiger partial charge on any atom is 0.170 e. The van der Waals surface area contributed by atoms with E-state index >= 15 is 0 Å². The first-order valence-electron chi connectivity index (χ1n) is 6.21. The molecule has 1 aromatic rings. The summed E-state index contributed by atoms with van der Waals surface area (Å²) in [4.78, 5) is 0. The first kappa shape index (κ1) is 16.4. The van der Waals surface area contributed by atoms with E-state index in [0.717, 1.165) is 0 Å². The largest absolute Gasteiger partial charge is 0.409 e. The highest BCUT2D eigenvalue weighted by atomic mass is 19.1. The monoisotopic (exact) mass is 285 g/mol. The molecule has 0 bridgehead atoms. The third kappa shape index (κ3) is 4.76. The van der Waals surface area contributed by atoms with Crippen molar-refractivity contribution in [3.05, 3.63) is 35.1 Å². The smallest absolute Gasteiger partial charge is 0.170 e. The molecule has 0 radical (unpaired) electrons. The van der Waals surface area contributed by atoms with Gasteiger partial charge in [-0.3, -0.25) is 0 Å². The SMILES string of the molecule is COCC(CCO)NCc1ccc(/C(N)=N/O)cc1F. The molecule has 0 saturated carbocycles. The van der Waals surface area contributed by atoms with Crippen LogP contribution in [0.2, 0.25) is 0 Å². The van der Waals surface area contributed by atoms with Crippen LogP contribution in [-0.2, 0) is 11.3 Å². The summed E-state index contributed by atoms with van der Waals surface area (Å²) in [6, 6.07) is 4.31. The lowest BCUT2D eigenvalue weighted by atomic mass is 10.1. The average molecular weight is 285 g/mol. The van der Waals surface area contributed by atoms with E-state index in [1.54, 1.807) is 19.2 Å². The molecule has 0 aliphatic carbocycles. The molecule has 1 aromatic carbocycles. The van der Waals surface area contributed by atoms with Gasteiger partial charge in [0.2, 0.25) is 0 Å². The summed E-state index contributed by atoms with van der Waals surface area (Å²) in [5.41, 5.74) is 6.16. The number of ether oxygens (including phenoxy) is 1. The van der Waals surface area contributed by atoms with Gasteiger partial charge in [0, 0.05) is 37.4 Å². The first-order chi connectivity index (χ1) is 9.62. The molecular formula is C13H20FN3O3. The number of aliphatic hydroxyl groups is 1. The van der Waals surface area contributed by atoms with E-state index in [-0.39, 0.29) is 18.5 Å². The van der Waals surface area contributed by atoms with Crippen molar-refractivity contribution >= 4 is 5.84 Å². The number of benzene rings is 1. The summed E-state index contributed by atoms with van der Waals surface area (Å²) < 4.78 is 18.9. The van der Waals surface area contributed by atoms with Gasteiger partial charge in [0.05, 0.1) is 6.61 Å². The highest BCUT2D eigenvalue weighted by Crippen LogP contribution is 2.11. The fourth-order valence-electron chi connectivity index (χ4n) is 1.76. The van der Waals surface area contributed by atoms with Gasteiger partial charge in [-0.1, -0.05) is 17.3 Å². The van der Waals surface area contributed by atoms with E-state index in [0.29, 0.717) is 30.7 Å². The van der Waals surface area contributed by atoms with Crippen LogP contribution in [0.25, 0.3) is 0 Å². The highest BCUT2D eigenvalue weighted by Gasteiger charge is 2.10. The summed E-state index contributed by atoms with van der Waals surface area (Å²) >= 11 is 0. The Morgan fingerprint density at radius 3 is 2.85 bits per heavy atom. The third-order valence-electron chi connectivity index (χ3n) is 2.88. The maximum absolute atomic E-state index is 13.9. The Morgan fingerprint density at radius 2 is 2.30 bits per heavy atom. The quantitative estimate of drug-likeness (QED) is 0.240. The molecule has 0 aliphatic rings. The van der Waals surface area contributed by atoms with Gasteiger partial charge in [0.25, 0.3) is 0 Å². The molecule has 1 unspecified atom stereocenters. The van der Waals surface area contributed by atoms with E-state index in [4.69, 9.17) is 20.8 Å². The minimum Gasteiger partial charge on any atom is -0.409 e. The van der Waals surface area contributed by atoms with Crippen molar-refractivity contribution in [2.24, 2.45) is 10.9 Å². The van der Waals surface area contributed by atoms with Crippen LogP contribution in [0.15, 0.2) is 23.4 Å². The Kier molecular flexibility index (Phi) is 6.92. The van der Waals surface area contributed by atoms with Crippen LogP contribution < -0.4 is 11.1 Å². The van der Waals surface area contributed by atoms with Crippen molar-refractivity contribution < 1.29 is 19.4 Å². The molecule has 1 atom stereocenters. The fourth-order valence-corrected chi connectivity index (χ4v) is 1.76. The van der Waals surface area contributed by atoms with E-state index in [9.17, 15) is 4.39 Å². The Balaban J connectivity index is 2.68. The van der Waals surface area contributed by atoms with Crippen LogP contribution >= 0.6 is 0 Å². The van der Waals surface area contributed by atoms with Crippen LogP contribution in [0.1, 0.15) is 17.5 Å². The Hall–Kier alpha value is -1.70. The lowest BCUT2D eigenvalue weighted by molar-refractivity contribution is 0.148. The maximum atomic E-state index is 13.9.